The van der Waals surface area contributed by atoms with Crippen molar-refractivity contribution in [2.75, 3.05) is 7.11 Å². The van der Waals surface area contributed by atoms with Crippen molar-refractivity contribution >= 4 is 0 Å². The van der Waals surface area contributed by atoms with Crippen LogP contribution in [0.15, 0.2) is 66.9 Å². The Hall–Kier alpha value is -3.47. The fourth-order valence-corrected chi connectivity index (χ4v) is 4.33. The molecule has 2 aromatic carbocycles. The highest BCUT2D eigenvalue weighted by atomic mass is 16.5. The van der Waals surface area contributed by atoms with Gasteiger partial charge in [-0.15, -0.1) is 0 Å². The van der Waals surface area contributed by atoms with Crippen LogP contribution < -0.4 is 4.74 Å². The quantitative estimate of drug-likeness (QED) is 0.422. The highest BCUT2D eigenvalue weighted by molar-refractivity contribution is 5.65. The number of ether oxygens (including phenoxy) is 1. The van der Waals surface area contributed by atoms with Crippen LogP contribution in [0.3, 0.4) is 0 Å². The molecule has 0 radical (unpaired) electrons. The maximum atomic E-state index is 5.21. The summed E-state index contributed by atoms with van der Waals surface area (Å²) in [7, 11) is 1.66. The number of H-pyrrole nitrogens is 1. The average molecular weight is 411 g/mol. The van der Waals surface area contributed by atoms with E-state index in [1.165, 1.54) is 37.7 Å². The van der Waals surface area contributed by atoms with Crippen LogP contribution in [0.5, 0.6) is 5.75 Å². The number of nitrogens with zero attached hydrogens (tertiary/aromatic N) is 3. The van der Waals surface area contributed by atoms with Gasteiger partial charge < -0.3 is 4.74 Å². The third-order valence-corrected chi connectivity index (χ3v) is 6.15. The second-order valence-electron chi connectivity index (χ2n) is 8.13. The van der Waals surface area contributed by atoms with E-state index in [1.54, 1.807) is 7.11 Å². The molecule has 1 saturated carbocycles. The van der Waals surface area contributed by atoms with Crippen LogP contribution in [0.1, 0.15) is 43.6 Å². The molecule has 4 aromatic rings. The van der Waals surface area contributed by atoms with Crippen molar-refractivity contribution in [1.82, 2.24) is 20.2 Å². The summed E-state index contributed by atoms with van der Waals surface area (Å²) in [6.07, 6.45) is 8.58. The molecule has 156 valence electrons. The molecule has 5 nitrogen and oxygen atoms in total. The molecule has 0 amide bonds. The molecule has 0 aliphatic heterocycles. The Balaban J connectivity index is 1.31. The zero-order chi connectivity index (χ0) is 21.0. The number of aromatic nitrogens is 4. The van der Waals surface area contributed by atoms with Gasteiger partial charge in [0.1, 0.15) is 5.75 Å². The van der Waals surface area contributed by atoms with Gasteiger partial charge in [0.15, 0.2) is 11.6 Å². The molecule has 0 bridgehead atoms. The van der Waals surface area contributed by atoms with E-state index in [4.69, 9.17) is 4.74 Å². The Kier molecular flexibility index (Phi) is 5.48. The lowest BCUT2D eigenvalue weighted by atomic mass is 9.84. The van der Waals surface area contributed by atoms with Crippen molar-refractivity contribution in [1.29, 1.82) is 0 Å². The summed E-state index contributed by atoms with van der Waals surface area (Å²) in [5, 5.41) is 7.38. The predicted molar refractivity (Wildman–Crippen MR) is 123 cm³/mol. The van der Waals surface area contributed by atoms with Crippen LogP contribution in [0.25, 0.3) is 34.0 Å². The van der Waals surface area contributed by atoms with Crippen LogP contribution >= 0.6 is 0 Å². The number of hydrogen-bond donors (Lipinski definition) is 1. The highest BCUT2D eigenvalue weighted by Crippen LogP contribution is 2.33. The number of pyridine rings is 1. The topological polar surface area (TPSA) is 63.7 Å². The van der Waals surface area contributed by atoms with Crippen LogP contribution in [-0.4, -0.2) is 27.3 Å². The molecule has 2 aromatic heterocycles. The first-order chi connectivity index (χ1) is 15.3. The minimum atomic E-state index is 0.637. The molecule has 1 aliphatic carbocycles. The number of aromatic amines is 1. The molecule has 5 heteroatoms. The second-order valence-corrected chi connectivity index (χ2v) is 8.13. The van der Waals surface area contributed by atoms with Gasteiger partial charge in [0.25, 0.3) is 0 Å². The second kappa shape index (κ2) is 8.72. The largest absolute Gasteiger partial charge is 0.497 e. The van der Waals surface area contributed by atoms with Crippen LogP contribution in [0, 0.1) is 0 Å². The Morgan fingerprint density at radius 3 is 2.19 bits per heavy atom. The molecule has 0 unspecified atom stereocenters. The predicted octanol–water partition coefficient (Wildman–Crippen LogP) is 6.26. The molecule has 1 aliphatic rings. The molecule has 0 spiro atoms. The van der Waals surface area contributed by atoms with Gasteiger partial charge in [-0.1, -0.05) is 43.5 Å². The molecule has 1 N–H and O–H groups in total. The first kappa shape index (κ1) is 19.5. The average Bonchev–Trinajstić information content (AvgIpc) is 3.35. The Labute approximate surface area is 182 Å². The zero-order valence-corrected chi connectivity index (χ0v) is 17.7. The van der Waals surface area contributed by atoms with Crippen LogP contribution in [0.4, 0.5) is 0 Å². The van der Waals surface area contributed by atoms with Gasteiger partial charge >= 0.3 is 0 Å². The summed E-state index contributed by atoms with van der Waals surface area (Å²) in [5.74, 6) is 2.90. The van der Waals surface area contributed by atoms with E-state index in [0.29, 0.717) is 5.82 Å². The number of hydrogen-bond acceptors (Lipinski definition) is 4. The van der Waals surface area contributed by atoms with E-state index in [2.05, 4.69) is 44.4 Å². The summed E-state index contributed by atoms with van der Waals surface area (Å²) in [6, 6.07) is 20.7. The van der Waals surface area contributed by atoms with E-state index >= 15 is 0 Å². The molecule has 5 rings (SSSR count). The van der Waals surface area contributed by atoms with Crippen molar-refractivity contribution in [3.05, 3.63) is 72.4 Å². The van der Waals surface area contributed by atoms with E-state index in [0.717, 1.165) is 39.9 Å². The molecule has 2 heterocycles. The standard InChI is InChI=1S/C26H26N4O/c1-31-23-14-11-21(12-15-23)25-28-26(30-29-25)22-13-16-24(27-17-22)20-9-7-19(8-10-20)18-5-3-2-4-6-18/h7-18H,2-6H2,1H3,(H,28,29,30). The highest BCUT2D eigenvalue weighted by Gasteiger charge is 2.15. The Morgan fingerprint density at radius 1 is 0.806 bits per heavy atom. The van der Waals surface area contributed by atoms with Crippen molar-refractivity contribution < 1.29 is 4.74 Å². The first-order valence-corrected chi connectivity index (χ1v) is 10.9. The summed E-state index contributed by atoms with van der Waals surface area (Å²) in [5.41, 5.74) is 5.41. The zero-order valence-electron chi connectivity index (χ0n) is 17.7. The van der Waals surface area contributed by atoms with Gasteiger partial charge in [0.05, 0.1) is 12.8 Å². The normalized spacial score (nSPS) is 14.5. The molecular formula is C26H26N4O. The van der Waals surface area contributed by atoms with Gasteiger partial charge in [-0.05, 0) is 60.7 Å². The van der Waals surface area contributed by atoms with E-state index in [1.807, 2.05) is 42.6 Å². The van der Waals surface area contributed by atoms with Crippen molar-refractivity contribution in [2.24, 2.45) is 0 Å². The van der Waals surface area contributed by atoms with E-state index < -0.39 is 0 Å². The third kappa shape index (κ3) is 4.22. The van der Waals surface area contributed by atoms with Gasteiger partial charge in [0, 0.05) is 22.9 Å². The number of rotatable bonds is 5. The SMILES string of the molecule is COc1ccc(-c2nc(-c3ccc(-c4ccc(C5CCCCC5)cc4)nc3)n[nH]2)cc1. The van der Waals surface area contributed by atoms with Crippen molar-refractivity contribution in [3.63, 3.8) is 0 Å². The maximum Gasteiger partial charge on any atom is 0.183 e. The van der Waals surface area contributed by atoms with Crippen LogP contribution in [-0.2, 0) is 0 Å². The lowest BCUT2D eigenvalue weighted by molar-refractivity contribution is 0.415. The smallest absolute Gasteiger partial charge is 0.183 e. The minimum absolute atomic E-state index is 0.637. The summed E-state index contributed by atoms with van der Waals surface area (Å²) in [6.45, 7) is 0. The molecule has 0 saturated heterocycles. The van der Waals surface area contributed by atoms with Crippen molar-refractivity contribution in [2.45, 2.75) is 38.0 Å². The molecule has 31 heavy (non-hydrogen) atoms. The summed E-state index contributed by atoms with van der Waals surface area (Å²) >= 11 is 0. The Morgan fingerprint density at radius 2 is 1.52 bits per heavy atom. The summed E-state index contributed by atoms with van der Waals surface area (Å²) in [4.78, 5) is 9.29. The van der Waals surface area contributed by atoms with Gasteiger partial charge in [0.2, 0.25) is 0 Å². The van der Waals surface area contributed by atoms with Gasteiger partial charge in [-0.25, -0.2) is 4.98 Å². The van der Waals surface area contributed by atoms with Crippen LogP contribution in [0.2, 0.25) is 0 Å². The number of methoxy groups -OCH3 is 1. The first-order valence-electron chi connectivity index (χ1n) is 10.9. The van der Waals surface area contributed by atoms with Crippen molar-refractivity contribution in [3.8, 4) is 39.8 Å². The monoisotopic (exact) mass is 410 g/mol. The molecular weight excluding hydrogens is 384 g/mol. The fourth-order valence-electron chi connectivity index (χ4n) is 4.33. The maximum absolute atomic E-state index is 5.21. The number of benzene rings is 2. The summed E-state index contributed by atoms with van der Waals surface area (Å²) < 4.78 is 5.21. The fraction of sp³-hybridized carbons (Fsp3) is 0.269. The molecule has 1 fully saturated rings. The minimum Gasteiger partial charge on any atom is -0.497 e. The number of nitrogens with one attached hydrogen (secondary N) is 1. The Bertz CT molecular complexity index is 1130. The molecule has 0 atom stereocenters. The lowest BCUT2D eigenvalue weighted by Crippen LogP contribution is -2.04. The van der Waals surface area contributed by atoms with E-state index in [9.17, 15) is 0 Å². The van der Waals surface area contributed by atoms with E-state index in [-0.39, 0.29) is 0 Å². The van der Waals surface area contributed by atoms with Gasteiger partial charge in [-0.2, -0.15) is 5.10 Å². The lowest BCUT2D eigenvalue weighted by Gasteiger charge is -2.22. The third-order valence-electron chi connectivity index (χ3n) is 6.15. The van der Waals surface area contributed by atoms with Gasteiger partial charge in [-0.3, -0.25) is 10.1 Å².